The van der Waals surface area contributed by atoms with Crippen LogP contribution in [-0.4, -0.2) is 49.8 Å². The second kappa shape index (κ2) is 12.9. The molecular formula is C32H34N6O5S2. The van der Waals surface area contributed by atoms with E-state index >= 15 is 0 Å². The molecule has 2 aromatic heterocycles. The maximum atomic E-state index is 14.1. The maximum absolute atomic E-state index is 14.1. The standard InChI is InChI=1S/C32H34N6O5S2/c1-6-36-27(35-15-11-12-21(18-35)31(42)43-7-2)23(19(3)24(17-33)28(36)39)16-25-29(40)37(32(44)45-25)26-20(4)34(5)38(30(26)41)22-13-9-8-10-14-22/h8-10,13-14,16,21H,6-7,11-12,15,18H2,1-5H3/b25-16-. The molecule has 0 bridgehead atoms. The van der Waals surface area contributed by atoms with Gasteiger partial charge in [0, 0.05) is 32.2 Å². The molecule has 0 radical (unpaired) electrons. The number of ether oxygens (including phenoxy) is 1. The predicted octanol–water partition coefficient (Wildman–Crippen LogP) is 4.03. The number of nitrogens with zero attached hydrogens (tertiary/aromatic N) is 6. The Labute approximate surface area is 270 Å². The van der Waals surface area contributed by atoms with Gasteiger partial charge in [-0.15, -0.1) is 0 Å². The summed E-state index contributed by atoms with van der Waals surface area (Å²) in [5.41, 5.74) is 1.46. The molecule has 1 aromatic carbocycles. The van der Waals surface area contributed by atoms with Crippen LogP contribution in [0.15, 0.2) is 44.8 Å². The molecule has 1 atom stereocenters. The minimum absolute atomic E-state index is 0.0223. The molecule has 2 aliphatic rings. The molecule has 0 saturated carbocycles. The van der Waals surface area contributed by atoms with E-state index in [1.54, 1.807) is 38.6 Å². The molecule has 0 N–H and O–H groups in total. The fraction of sp³-hybridized carbons (Fsp3) is 0.375. The van der Waals surface area contributed by atoms with Gasteiger partial charge in [0.05, 0.1) is 28.8 Å². The zero-order valence-corrected chi connectivity index (χ0v) is 27.5. The van der Waals surface area contributed by atoms with Crippen LogP contribution in [-0.2, 0) is 27.9 Å². The second-order valence-corrected chi connectivity index (χ2v) is 12.5. The van der Waals surface area contributed by atoms with E-state index in [0.29, 0.717) is 54.3 Å². The molecular weight excluding hydrogens is 613 g/mol. The van der Waals surface area contributed by atoms with Crippen LogP contribution in [0, 0.1) is 31.1 Å². The van der Waals surface area contributed by atoms with Gasteiger partial charge in [0.15, 0.2) is 4.32 Å². The van der Waals surface area contributed by atoms with Crippen LogP contribution < -0.4 is 20.9 Å². The average Bonchev–Trinajstić information content (AvgIpc) is 3.42. The van der Waals surface area contributed by atoms with Crippen molar-refractivity contribution in [3.8, 4) is 11.8 Å². The third-order valence-corrected chi connectivity index (χ3v) is 9.62. The number of hydrogen-bond acceptors (Lipinski definition) is 9. The smallest absolute Gasteiger partial charge is 0.310 e. The predicted molar refractivity (Wildman–Crippen MR) is 179 cm³/mol. The first-order chi connectivity index (χ1) is 21.5. The third-order valence-electron chi connectivity index (χ3n) is 8.32. The lowest BCUT2D eigenvalue weighted by molar-refractivity contribution is -0.148. The van der Waals surface area contributed by atoms with E-state index in [1.165, 1.54) is 14.1 Å². The minimum atomic E-state index is -0.475. The Bertz CT molecular complexity index is 1900. The molecule has 5 rings (SSSR count). The third kappa shape index (κ3) is 5.53. The van der Waals surface area contributed by atoms with E-state index in [-0.39, 0.29) is 51.1 Å². The first-order valence-electron chi connectivity index (χ1n) is 14.8. The second-order valence-electron chi connectivity index (χ2n) is 10.9. The Morgan fingerprint density at radius 3 is 2.51 bits per heavy atom. The normalized spacial score (nSPS) is 17.7. The number of benzene rings is 1. The maximum Gasteiger partial charge on any atom is 0.310 e. The molecule has 45 heavy (non-hydrogen) atoms. The lowest BCUT2D eigenvalue weighted by atomic mass is 9.96. The van der Waals surface area contributed by atoms with Crippen LogP contribution in [0.5, 0.6) is 0 Å². The summed E-state index contributed by atoms with van der Waals surface area (Å²) in [7, 11) is 1.75. The first-order valence-corrected chi connectivity index (χ1v) is 16.0. The number of esters is 1. The lowest BCUT2D eigenvalue weighted by Crippen LogP contribution is -2.43. The van der Waals surface area contributed by atoms with Gasteiger partial charge < -0.3 is 9.64 Å². The van der Waals surface area contributed by atoms with E-state index in [9.17, 15) is 24.4 Å². The van der Waals surface area contributed by atoms with Crippen molar-refractivity contribution in [1.82, 2.24) is 13.9 Å². The largest absolute Gasteiger partial charge is 0.466 e. The van der Waals surface area contributed by atoms with Gasteiger partial charge in [0.25, 0.3) is 17.0 Å². The molecule has 0 spiro atoms. The fourth-order valence-electron chi connectivity index (χ4n) is 6.00. The van der Waals surface area contributed by atoms with Crippen LogP contribution in [0.4, 0.5) is 11.5 Å². The van der Waals surface area contributed by atoms with E-state index in [0.717, 1.165) is 11.8 Å². The number of amides is 1. The number of hydrogen-bond donors (Lipinski definition) is 0. The van der Waals surface area contributed by atoms with E-state index < -0.39 is 11.5 Å². The molecule has 0 aliphatic carbocycles. The molecule has 2 aliphatic heterocycles. The number of piperidine rings is 1. The number of aromatic nitrogens is 3. The van der Waals surface area contributed by atoms with Crippen molar-refractivity contribution in [2.45, 2.75) is 47.1 Å². The molecule has 234 valence electrons. The van der Waals surface area contributed by atoms with Gasteiger partial charge in [0.2, 0.25) is 0 Å². The van der Waals surface area contributed by atoms with Gasteiger partial charge in [-0.05, 0) is 64.3 Å². The van der Waals surface area contributed by atoms with Crippen LogP contribution in [0.3, 0.4) is 0 Å². The highest BCUT2D eigenvalue weighted by Gasteiger charge is 2.39. The fourth-order valence-corrected chi connectivity index (χ4v) is 7.26. The number of anilines is 2. The number of thioether (sulfide) groups is 1. The van der Waals surface area contributed by atoms with Crippen molar-refractivity contribution in [3.63, 3.8) is 0 Å². The summed E-state index contributed by atoms with van der Waals surface area (Å²) in [6, 6.07) is 11.2. The van der Waals surface area contributed by atoms with Crippen LogP contribution >= 0.6 is 24.0 Å². The van der Waals surface area contributed by atoms with E-state index in [4.69, 9.17) is 17.0 Å². The summed E-state index contributed by atoms with van der Waals surface area (Å²) in [5.74, 6) is -0.619. The summed E-state index contributed by atoms with van der Waals surface area (Å²) in [6.45, 7) is 8.46. The van der Waals surface area contributed by atoms with Gasteiger partial charge in [-0.25, -0.2) is 4.68 Å². The highest BCUT2D eigenvalue weighted by atomic mass is 32.2. The summed E-state index contributed by atoms with van der Waals surface area (Å²) < 4.78 is 10.2. The zero-order valence-electron chi connectivity index (χ0n) is 25.8. The van der Waals surface area contributed by atoms with Gasteiger partial charge in [-0.3, -0.25) is 33.3 Å². The van der Waals surface area contributed by atoms with E-state index in [1.807, 2.05) is 48.2 Å². The van der Waals surface area contributed by atoms with Crippen molar-refractivity contribution in [3.05, 3.63) is 78.3 Å². The zero-order chi connectivity index (χ0) is 32.6. The number of rotatable bonds is 7. The molecule has 13 heteroatoms. The molecule has 1 amide bonds. The van der Waals surface area contributed by atoms with Crippen LogP contribution in [0.2, 0.25) is 0 Å². The number of thiocarbonyl (C=S) groups is 1. The molecule has 1 unspecified atom stereocenters. The Balaban J connectivity index is 1.63. The Morgan fingerprint density at radius 2 is 1.87 bits per heavy atom. The van der Waals surface area contributed by atoms with Gasteiger partial charge >= 0.3 is 5.97 Å². The Hall–Kier alpha value is -4.41. The van der Waals surface area contributed by atoms with Crippen LogP contribution in [0.1, 0.15) is 49.1 Å². The Morgan fingerprint density at radius 1 is 1.16 bits per heavy atom. The molecule has 2 fully saturated rings. The quantitative estimate of drug-likeness (QED) is 0.213. The first kappa shape index (κ1) is 32.0. The SMILES string of the molecule is CCOC(=O)C1CCCN(c2c(/C=C3\SC(=S)N(c4c(C)n(C)n(-c5ccccc5)c4=O)C3=O)c(C)c(C#N)c(=O)n2CC)C1. The molecule has 4 heterocycles. The average molecular weight is 647 g/mol. The monoisotopic (exact) mass is 646 g/mol. The number of para-hydroxylation sites is 1. The lowest BCUT2D eigenvalue weighted by Gasteiger charge is -2.36. The van der Waals surface area contributed by atoms with Crippen molar-refractivity contribution in [2.24, 2.45) is 13.0 Å². The molecule has 11 nitrogen and oxygen atoms in total. The van der Waals surface area contributed by atoms with Crippen molar-refractivity contribution in [1.29, 1.82) is 5.26 Å². The summed E-state index contributed by atoms with van der Waals surface area (Å²) in [6.07, 6.45) is 3.01. The van der Waals surface area contributed by atoms with Crippen molar-refractivity contribution in [2.75, 3.05) is 29.5 Å². The molecule has 3 aromatic rings. The number of pyridine rings is 1. The number of nitriles is 1. The van der Waals surface area contributed by atoms with E-state index in [2.05, 4.69) is 0 Å². The summed E-state index contributed by atoms with van der Waals surface area (Å²) >= 11 is 6.72. The highest BCUT2D eigenvalue weighted by molar-refractivity contribution is 8.27. The van der Waals surface area contributed by atoms with Crippen molar-refractivity contribution >= 4 is 57.8 Å². The summed E-state index contributed by atoms with van der Waals surface area (Å²) in [5, 5.41) is 9.95. The minimum Gasteiger partial charge on any atom is -0.466 e. The Kier molecular flexibility index (Phi) is 9.18. The topological polar surface area (TPSA) is 123 Å². The summed E-state index contributed by atoms with van der Waals surface area (Å²) in [4.78, 5) is 57.4. The van der Waals surface area contributed by atoms with Gasteiger partial charge in [0.1, 0.15) is 23.1 Å². The highest BCUT2D eigenvalue weighted by Crippen LogP contribution is 2.39. The molecule has 2 saturated heterocycles. The van der Waals surface area contributed by atoms with Gasteiger partial charge in [-0.2, -0.15) is 5.26 Å². The van der Waals surface area contributed by atoms with Crippen molar-refractivity contribution < 1.29 is 14.3 Å². The van der Waals surface area contributed by atoms with Gasteiger partial charge in [-0.1, -0.05) is 42.2 Å². The number of carbonyl (C=O) groups excluding carboxylic acids is 2. The van der Waals surface area contributed by atoms with Crippen LogP contribution in [0.25, 0.3) is 11.8 Å². The number of carbonyl (C=O) groups is 2.